The highest BCUT2D eigenvalue weighted by Gasteiger charge is 2.29. The molecule has 2 aromatic heterocycles. The van der Waals surface area contributed by atoms with Crippen molar-refractivity contribution in [2.45, 2.75) is 19.3 Å². The van der Waals surface area contributed by atoms with Gasteiger partial charge in [0.05, 0.1) is 5.39 Å². The Hall–Kier alpha value is -1.20. The number of carbonyl (C=O) groups is 1. The average molecular weight is 296 g/mol. The van der Waals surface area contributed by atoms with E-state index in [4.69, 9.17) is 11.6 Å². The van der Waals surface area contributed by atoms with Gasteiger partial charge in [-0.1, -0.05) is 11.6 Å². The zero-order chi connectivity index (χ0) is 13.6. The second-order valence-electron chi connectivity index (χ2n) is 5.02. The molecule has 0 aromatic carbocycles. The monoisotopic (exact) mass is 295 g/mol. The van der Waals surface area contributed by atoms with Crippen LogP contribution in [0.15, 0.2) is 6.33 Å². The lowest BCUT2D eigenvalue weighted by Crippen LogP contribution is -2.32. The van der Waals surface area contributed by atoms with Gasteiger partial charge in [0.15, 0.2) is 0 Å². The molecule has 2 aromatic rings. The maximum atomic E-state index is 12.1. The first-order valence-corrected chi connectivity index (χ1v) is 7.39. The number of carbonyl (C=O) groups excluding carboxylic acids is 1. The maximum absolute atomic E-state index is 12.1. The van der Waals surface area contributed by atoms with Crippen molar-refractivity contribution < 1.29 is 4.79 Å². The van der Waals surface area contributed by atoms with Crippen LogP contribution in [0.25, 0.3) is 10.2 Å². The molecule has 0 aliphatic heterocycles. The molecule has 19 heavy (non-hydrogen) atoms. The molecule has 1 aliphatic rings. The molecule has 2 heterocycles. The Labute approximate surface area is 120 Å². The molecule has 0 saturated carbocycles. The van der Waals surface area contributed by atoms with Gasteiger partial charge in [0, 0.05) is 24.9 Å². The third-order valence-corrected chi connectivity index (χ3v) is 5.04. The summed E-state index contributed by atoms with van der Waals surface area (Å²) in [5.41, 5.74) is 1.24. The molecule has 4 nitrogen and oxygen atoms in total. The van der Waals surface area contributed by atoms with Crippen molar-refractivity contribution in [1.82, 2.24) is 14.9 Å². The van der Waals surface area contributed by atoms with Crippen LogP contribution >= 0.6 is 22.9 Å². The summed E-state index contributed by atoms with van der Waals surface area (Å²) >= 11 is 7.81. The van der Waals surface area contributed by atoms with Gasteiger partial charge in [0.2, 0.25) is 5.91 Å². The van der Waals surface area contributed by atoms with Gasteiger partial charge >= 0.3 is 0 Å². The predicted molar refractivity (Wildman–Crippen MR) is 76.6 cm³/mol. The lowest BCUT2D eigenvalue weighted by atomic mass is 9.87. The van der Waals surface area contributed by atoms with Gasteiger partial charge in [-0.3, -0.25) is 4.79 Å². The molecule has 100 valence electrons. The highest BCUT2D eigenvalue weighted by molar-refractivity contribution is 7.19. The molecular formula is C13H14ClN3OS. The number of hydrogen-bond donors (Lipinski definition) is 0. The number of rotatable bonds is 1. The molecule has 3 rings (SSSR count). The standard InChI is InChI=1S/C13H14ClN3OS/c1-17(2)13(18)7-3-4-8-9(5-7)19-12-10(8)11(14)15-6-16-12/h6-7H,3-5H2,1-2H3. The van der Waals surface area contributed by atoms with Gasteiger partial charge in [-0.15, -0.1) is 11.3 Å². The number of halogens is 1. The topological polar surface area (TPSA) is 46.1 Å². The zero-order valence-corrected chi connectivity index (χ0v) is 12.4. The Balaban J connectivity index is 2.01. The number of fused-ring (bicyclic) bond motifs is 3. The van der Waals surface area contributed by atoms with Crippen LogP contribution in [0.4, 0.5) is 0 Å². The lowest BCUT2D eigenvalue weighted by molar-refractivity contribution is -0.133. The smallest absolute Gasteiger partial charge is 0.225 e. The first kappa shape index (κ1) is 12.8. The Morgan fingerprint density at radius 1 is 1.47 bits per heavy atom. The van der Waals surface area contributed by atoms with Crippen molar-refractivity contribution in [3.8, 4) is 0 Å². The van der Waals surface area contributed by atoms with Gasteiger partial charge in [0.25, 0.3) is 0 Å². The molecule has 1 atom stereocenters. The molecule has 0 spiro atoms. The van der Waals surface area contributed by atoms with E-state index < -0.39 is 0 Å². The zero-order valence-electron chi connectivity index (χ0n) is 10.8. The molecule has 6 heteroatoms. The highest BCUT2D eigenvalue weighted by atomic mass is 35.5. The van der Waals surface area contributed by atoms with E-state index in [1.54, 1.807) is 16.2 Å². The number of thiophene rings is 1. The van der Waals surface area contributed by atoms with Gasteiger partial charge < -0.3 is 4.90 Å². The van der Waals surface area contributed by atoms with Gasteiger partial charge in [0.1, 0.15) is 16.3 Å². The number of hydrogen-bond acceptors (Lipinski definition) is 4. The van der Waals surface area contributed by atoms with Crippen LogP contribution in [0.1, 0.15) is 16.9 Å². The molecule has 0 saturated heterocycles. The highest BCUT2D eigenvalue weighted by Crippen LogP contribution is 2.39. The van der Waals surface area contributed by atoms with Crippen molar-refractivity contribution in [1.29, 1.82) is 0 Å². The summed E-state index contributed by atoms with van der Waals surface area (Å²) in [5.74, 6) is 0.294. The molecule has 1 amide bonds. The quantitative estimate of drug-likeness (QED) is 0.760. The SMILES string of the molecule is CN(C)C(=O)C1CCc2c(sc3ncnc(Cl)c23)C1. The van der Waals surface area contributed by atoms with E-state index in [0.29, 0.717) is 5.15 Å². The van der Waals surface area contributed by atoms with Crippen molar-refractivity contribution >= 4 is 39.1 Å². The molecule has 0 fully saturated rings. The summed E-state index contributed by atoms with van der Waals surface area (Å²) in [4.78, 5) is 24.3. The maximum Gasteiger partial charge on any atom is 0.225 e. The number of nitrogens with zero attached hydrogens (tertiary/aromatic N) is 3. The van der Waals surface area contributed by atoms with E-state index in [-0.39, 0.29) is 11.8 Å². The van der Waals surface area contributed by atoms with E-state index >= 15 is 0 Å². The molecule has 0 radical (unpaired) electrons. The minimum absolute atomic E-state index is 0.0855. The number of aromatic nitrogens is 2. The van der Waals surface area contributed by atoms with Crippen LogP contribution in [0.2, 0.25) is 5.15 Å². The number of amides is 1. The Morgan fingerprint density at radius 2 is 2.26 bits per heavy atom. The fourth-order valence-corrected chi connectivity index (χ4v) is 4.22. The lowest BCUT2D eigenvalue weighted by Gasteiger charge is -2.24. The average Bonchev–Trinajstić information content (AvgIpc) is 2.76. The Kier molecular flexibility index (Phi) is 3.19. The first-order valence-electron chi connectivity index (χ1n) is 6.20. The Bertz CT molecular complexity index is 653. The second-order valence-corrected chi connectivity index (χ2v) is 6.46. The largest absolute Gasteiger partial charge is 0.349 e. The summed E-state index contributed by atoms with van der Waals surface area (Å²) in [6.07, 6.45) is 4.05. The van der Waals surface area contributed by atoms with Gasteiger partial charge in [-0.25, -0.2) is 9.97 Å². The van der Waals surface area contributed by atoms with E-state index in [1.165, 1.54) is 16.8 Å². The van der Waals surface area contributed by atoms with Crippen molar-refractivity contribution in [3.05, 3.63) is 21.9 Å². The molecular weight excluding hydrogens is 282 g/mol. The fourth-order valence-electron chi connectivity index (χ4n) is 2.65. The number of aryl methyl sites for hydroxylation is 1. The van der Waals surface area contributed by atoms with Crippen LogP contribution in [0.3, 0.4) is 0 Å². The minimum atomic E-state index is 0.0855. The molecule has 0 N–H and O–H groups in total. The summed E-state index contributed by atoms with van der Waals surface area (Å²) in [7, 11) is 3.62. The van der Waals surface area contributed by atoms with E-state index in [0.717, 1.165) is 29.5 Å². The van der Waals surface area contributed by atoms with Crippen LogP contribution in [0.5, 0.6) is 0 Å². The van der Waals surface area contributed by atoms with Crippen molar-refractivity contribution in [3.63, 3.8) is 0 Å². The van der Waals surface area contributed by atoms with Crippen LogP contribution in [-0.4, -0.2) is 34.9 Å². The third-order valence-electron chi connectivity index (χ3n) is 3.59. The Morgan fingerprint density at radius 3 is 3.00 bits per heavy atom. The minimum Gasteiger partial charge on any atom is -0.349 e. The molecule has 1 aliphatic carbocycles. The predicted octanol–water partition coefficient (Wildman–Crippen LogP) is 2.54. The molecule has 0 bridgehead atoms. The van der Waals surface area contributed by atoms with Crippen LogP contribution in [-0.2, 0) is 17.6 Å². The summed E-state index contributed by atoms with van der Waals surface area (Å²) in [6, 6.07) is 0. The van der Waals surface area contributed by atoms with Crippen LogP contribution < -0.4 is 0 Å². The van der Waals surface area contributed by atoms with E-state index in [2.05, 4.69) is 9.97 Å². The fraction of sp³-hybridized carbons (Fsp3) is 0.462. The van der Waals surface area contributed by atoms with Crippen LogP contribution in [0, 0.1) is 5.92 Å². The van der Waals surface area contributed by atoms with Crippen molar-refractivity contribution in [2.24, 2.45) is 5.92 Å². The van der Waals surface area contributed by atoms with E-state index in [1.807, 2.05) is 14.1 Å². The van der Waals surface area contributed by atoms with E-state index in [9.17, 15) is 4.79 Å². The van der Waals surface area contributed by atoms with Crippen molar-refractivity contribution in [2.75, 3.05) is 14.1 Å². The van der Waals surface area contributed by atoms with Gasteiger partial charge in [-0.2, -0.15) is 0 Å². The summed E-state index contributed by atoms with van der Waals surface area (Å²) < 4.78 is 0. The first-order chi connectivity index (χ1) is 9.08. The summed E-state index contributed by atoms with van der Waals surface area (Å²) in [5, 5.41) is 1.51. The summed E-state index contributed by atoms with van der Waals surface area (Å²) in [6.45, 7) is 0. The van der Waals surface area contributed by atoms with Gasteiger partial charge in [-0.05, 0) is 24.8 Å². The molecule has 1 unspecified atom stereocenters. The normalized spacial score (nSPS) is 18.4. The second kappa shape index (κ2) is 4.72. The third kappa shape index (κ3) is 2.11.